The summed E-state index contributed by atoms with van der Waals surface area (Å²) in [5.74, 6) is -0.147. The van der Waals surface area contributed by atoms with Gasteiger partial charge in [0, 0.05) is 18.2 Å². The van der Waals surface area contributed by atoms with Gasteiger partial charge in [-0.3, -0.25) is 19.8 Å². The molecule has 5 nitrogen and oxygen atoms in total. The van der Waals surface area contributed by atoms with Gasteiger partial charge in [0.2, 0.25) is 0 Å². The van der Waals surface area contributed by atoms with Crippen LogP contribution in [0.25, 0.3) is 6.08 Å². The number of thiocarbonyl (C=S) groups is 1. The second-order valence-electron chi connectivity index (χ2n) is 4.23. The first-order valence-electron chi connectivity index (χ1n) is 5.94. The van der Waals surface area contributed by atoms with Crippen molar-refractivity contribution in [1.82, 2.24) is 4.90 Å². The van der Waals surface area contributed by atoms with Gasteiger partial charge >= 0.3 is 0 Å². The number of benzene rings is 1. The summed E-state index contributed by atoms with van der Waals surface area (Å²) in [5.41, 5.74) is 1.26. The van der Waals surface area contributed by atoms with Gasteiger partial charge in [-0.2, -0.15) is 0 Å². The normalized spacial score (nSPS) is 17.1. The van der Waals surface area contributed by atoms with E-state index in [4.69, 9.17) is 12.2 Å². The van der Waals surface area contributed by atoms with Crippen molar-refractivity contribution >= 4 is 46.0 Å². The summed E-state index contributed by atoms with van der Waals surface area (Å²) in [6.07, 6.45) is 1.64. The molecule has 1 aromatic rings. The highest BCUT2D eigenvalue weighted by molar-refractivity contribution is 8.26. The number of likely N-dealkylation sites (N-methyl/N-ethyl adjacent to an activating group) is 1. The van der Waals surface area contributed by atoms with Gasteiger partial charge in [-0.05, 0) is 25.5 Å². The van der Waals surface area contributed by atoms with E-state index in [9.17, 15) is 14.9 Å². The Morgan fingerprint density at radius 1 is 1.50 bits per heavy atom. The molecule has 1 amide bonds. The van der Waals surface area contributed by atoms with E-state index in [0.717, 1.165) is 0 Å². The lowest BCUT2D eigenvalue weighted by Gasteiger charge is -2.09. The van der Waals surface area contributed by atoms with E-state index in [0.29, 0.717) is 26.9 Å². The van der Waals surface area contributed by atoms with Gasteiger partial charge in [-0.1, -0.05) is 36.1 Å². The van der Waals surface area contributed by atoms with Crippen molar-refractivity contribution in [2.45, 2.75) is 13.8 Å². The van der Waals surface area contributed by atoms with E-state index in [2.05, 4.69) is 0 Å². The molecule has 1 aliphatic rings. The van der Waals surface area contributed by atoms with E-state index in [1.165, 1.54) is 22.7 Å². The third-order valence-corrected chi connectivity index (χ3v) is 4.30. The highest BCUT2D eigenvalue weighted by Crippen LogP contribution is 2.33. The van der Waals surface area contributed by atoms with Crippen LogP contribution in [0.2, 0.25) is 0 Å². The average molecular weight is 308 g/mol. The van der Waals surface area contributed by atoms with Crippen LogP contribution in [0.15, 0.2) is 23.1 Å². The molecule has 1 aliphatic heterocycles. The molecule has 1 aromatic carbocycles. The van der Waals surface area contributed by atoms with Crippen LogP contribution >= 0.6 is 24.0 Å². The number of rotatable bonds is 3. The van der Waals surface area contributed by atoms with Gasteiger partial charge in [0.05, 0.1) is 9.83 Å². The Morgan fingerprint density at radius 2 is 2.20 bits per heavy atom. The second kappa shape index (κ2) is 5.72. The molecule has 0 spiro atoms. The molecule has 0 N–H and O–H groups in total. The first-order valence-corrected chi connectivity index (χ1v) is 7.17. The minimum absolute atomic E-state index is 0.0460. The third-order valence-electron chi connectivity index (χ3n) is 2.92. The van der Waals surface area contributed by atoms with Crippen molar-refractivity contribution in [2.75, 3.05) is 6.54 Å². The van der Waals surface area contributed by atoms with E-state index in [1.807, 2.05) is 6.92 Å². The van der Waals surface area contributed by atoms with E-state index >= 15 is 0 Å². The summed E-state index contributed by atoms with van der Waals surface area (Å²) in [7, 11) is 0. The van der Waals surface area contributed by atoms with Gasteiger partial charge in [0.15, 0.2) is 0 Å². The molecule has 1 heterocycles. The monoisotopic (exact) mass is 308 g/mol. The van der Waals surface area contributed by atoms with Crippen LogP contribution < -0.4 is 0 Å². The zero-order valence-electron chi connectivity index (χ0n) is 11.0. The van der Waals surface area contributed by atoms with E-state index in [1.54, 1.807) is 25.1 Å². The second-order valence-corrected chi connectivity index (χ2v) is 5.90. The number of thioether (sulfide) groups is 1. The highest BCUT2D eigenvalue weighted by Gasteiger charge is 2.30. The molecule has 0 radical (unpaired) electrons. The lowest BCUT2D eigenvalue weighted by atomic mass is 10.1. The van der Waals surface area contributed by atoms with E-state index in [-0.39, 0.29) is 11.6 Å². The molecule has 1 fully saturated rings. The Labute approximate surface area is 125 Å². The lowest BCUT2D eigenvalue weighted by molar-refractivity contribution is -0.385. The number of nitro benzene ring substituents is 1. The van der Waals surface area contributed by atoms with Crippen molar-refractivity contribution < 1.29 is 9.72 Å². The number of aryl methyl sites for hydroxylation is 1. The summed E-state index contributed by atoms with van der Waals surface area (Å²) >= 11 is 6.34. The molecular formula is C13H12N2O3S2. The molecule has 0 bridgehead atoms. The minimum atomic E-state index is -0.427. The fraction of sp³-hybridized carbons (Fsp3) is 0.231. The van der Waals surface area contributed by atoms with Crippen molar-refractivity contribution in [3.8, 4) is 0 Å². The molecule has 2 rings (SSSR count). The maximum atomic E-state index is 12.1. The molecule has 7 heteroatoms. The van der Waals surface area contributed by atoms with Gasteiger partial charge in [-0.15, -0.1) is 0 Å². The van der Waals surface area contributed by atoms with Gasteiger partial charge in [-0.25, -0.2) is 0 Å². The average Bonchev–Trinajstić information content (AvgIpc) is 2.66. The molecule has 0 atom stereocenters. The molecular weight excluding hydrogens is 296 g/mol. The fourth-order valence-electron chi connectivity index (χ4n) is 1.84. The lowest BCUT2D eigenvalue weighted by Crippen LogP contribution is -2.27. The van der Waals surface area contributed by atoms with Gasteiger partial charge < -0.3 is 0 Å². The predicted octanol–water partition coefficient (Wildman–Crippen LogP) is 3.12. The maximum absolute atomic E-state index is 12.1. The number of carbonyl (C=O) groups is 1. The molecule has 104 valence electrons. The number of amides is 1. The number of hydrogen-bond donors (Lipinski definition) is 0. The topological polar surface area (TPSA) is 63.5 Å². The first-order chi connectivity index (χ1) is 9.43. The summed E-state index contributed by atoms with van der Waals surface area (Å²) in [6, 6.07) is 4.89. The minimum Gasteiger partial charge on any atom is -0.293 e. The fourth-order valence-corrected chi connectivity index (χ4v) is 3.22. The largest absolute Gasteiger partial charge is 0.293 e. The molecule has 0 saturated carbocycles. The van der Waals surface area contributed by atoms with Crippen molar-refractivity contribution in [3.63, 3.8) is 0 Å². The Balaban J connectivity index is 2.37. The van der Waals surface area contributed by atoms with Crippen molar-refractivity contribution in [2.24, 2.45) is 0 Å². The number of nitrogens with zero attached hydrogens (tertiary/aromatic N) is 2. The van der Waals surface area contributed by atoms with Crippen molar-refractivity contribution in [3.05, 3.63) is 44.3 Å². The number of carbonyl (C=O) groups excluding carboxylic acids is 1. The molecule has 0 aromatic heterocycles. The van der Waals surface area contributed by atoms with Crippen LogP contribution in [0.1, 0.15) is 18.1 Å². The van der Waals surface area contributed by atoms with Crippen LogP contribution in [0, 0.1) is 17.0 Å². The van der Waals surface area contributed by atoms with Gasteiger partial charge in [0.25, 0.3) is 11.6 Å². The number of hydrogen-bond acceptors (Lipinski definition) is 5. The number of nitro groups is 1. The zero-order chi connectivity index (χ0) is 14.9. The summed E-state index contributed by atoms with van der Waals surface area (Å²) in [4.78, 5) is 24.5. The molecule has 0 aliphatic carbocycles. The van der Waals surface area contributed by atoms with Crippen LogP contribution in [0.4, 0.5) is 5.69 Å². The van der Waals surface area contributed by atoms with Gasteiger partial charge in [0.1, 0.15) is 4.32 Å². The molecule has 1 saturated heterocycles. The summed E-state index contributed by atoms with van der Waals surface area (Å²) in [6.45, 7) is 4.05. The van der Waals surface area contributed by atoms with Crippen molar-refractivity contribution in [1.29, 1.82) is 0 Å². The molecule has 0 unspecified atom stereocenters. The Morgan fingerprint density at radius 3 is 2.75 bits per heavy atom. The zero-order valence-corrected chi connectivity index (χ0v) is 12.6. The van der Waals surface area contributed by atoms with Crippen LogP contribution in [0.3, 0.4) is 0 Å². The molecule has 20 heavy (non-hydrogen) atoms. The quantitative estimate of drug-likeness (QED) is 0.371. The standard InChI is InChI=1S/C13H12N2O3S2/c1-3-14-12(16)11(20-13(14)19)7-9-5-4-8(2)10(6-9)15(17)18/h4-7H,3H2,1-2H3. The Bertz CT molecular complexity index is 641. The summed E-state index contributed by atoms with van der Waals surface area (Å²) < 4.78 is 0.519. The van der Waals surface area contributed by atoms with Crippen LogP contribution in [-0.2, 0) is 4.79 Å². The van der Waals surface area contributed by atoms with E-state index < -0.39 is 4.92 Å². The highest BCUT2D eigenvalue weighted by atomic mass is 32.2. The predicted molar refractivity (Wildman–Crippen MR) is 83.4 cm³/mol. The maximum Gasteiger partial charge on any atom is 0.272 e. The third kappa shape index (κ3) is 2.73. The van der Waals surface area contributed by atoms with Crippen LogP contribution in [-0.4, -0.2) is 26.6 Å². The van der Waals surface area contributed by atoms with Crippen LogP contribution in [0.5, 0.6) is 0 Å². The Hall–Kier alpha value is -1.73. The first kappa shape index (κ1) is 14.7. The smallest absolute Gasteiger partial charge is 0.272 e. The Kier molecular flexibility index (Phi) is 4.20. The summed E-state index contributed by atoms with van der Waals surface area (Å²) in [5, 5.41) is 10.9. The SMILES string of the molecule is CCN1C(=O)C(=Cc2ccc(C)c([N+](=O)[O-])c2)SC1=S.